The number of nitrogens with one attached hydrogen (secondary N) is 1. The highest BCUT2D eigenvalue weighted by atomic mass is 35.5. The highest BCUT2D eigenvalue weighted by Gasteiger charge is 2.28. The van der Waals surface area contributed by atoms with E-state index in [4.69, 9.17) is 11.6 Å². The SMILES string of the molecule is Cc1nn(C)c(C(=O)Nc2nnc(C3CC3)s2)c1Cl. The summed E-state index contributed by atoms with van der Waals surface area (Å²) in [4.78, 5) is 12.1. The average molecular weight is 298 g/mol. The van der Waals surface area contributed by atoms with Gasteiger partial charge in [0.2, 0.25) is 5.13 Å². The van der Waals surface area contributed by atoms with E-state index in [1.54, 1.807) is 14.0 Å². The number of nitrogens with zero attached hydrogens (tertiary/aromatic N) is 4. The number of hydrogen-bond acceptors (Lipinski definition) is 5. The van der Waals surface area contributed by atoms with Crippen LogP contribution in [0, 0.1) is 6.92 Å². The second-order valence-corrected chi connectivity index (χ2v) is 5.93. The first-order valence-electron chi connectivity index (χ1n) is 5.90. The number of rotatable bonds is 3. The summed E-state index contributed by atoms with van der Waals surface area (Å²) in [6.45, 7) is 1.76. The molecule has 0 saturated heterocycles. The number of halogens is 1. The van der Waals surface area contributed by atoms with Crippen molar-refractivity contribution in [2.45, 2.75) is 25.7 Å². The average Bonchev–Trinajstić information content (AvgIpc) is 3.04. The molecule has 100 valence electrons. The maximum Gasteiger partial charge on any atom is 0.277 e. The van der Waals surface area contributed by atoms with Gasteiger partial charge in [-0.15, -0.1) is 10.2 Å². The molecule has 0 unspecified atom stereocenters. The molecule has 8 heteroatoms. The fourth-order valence-electron chi connectivity index (χ4n) is 1.82. The van der Waals surface area contributed by atoms with Gasteiger partial charge in [0.05, 0.1) is 10.7 Å². The quantitative estimate of drug-likeness (QED) is 0.944. The normalized spacial score (nSPS) is 14.7. The van der Waals surface area contributed by atoms with Crippen LogP contribution < -0.4 is 5.32 Å². The van der Waals surface area contributed by atoms with Crippen molar-refractivity contribution < 1.29 is 4.79 Å². The number of aryl methyl sites for hydroxylation is 2. The lowest BCUT2D eigenvalue weighted by molar-refractivity contribution is 0.101. The van der Waals surface area contributed by atoms with Crippen molar-refractivity contribution in [3.63, 3.8) is 0 Å². The monoisotopic (exact) mass is 297 g/mol. The Balaban J connectivity index is 1.79. The Morgan fingerprint density at radius 3 is 2.79 bits per heavy atom. The highest BCUT2D eigenvalue weighted by molar-refractivity contribution is 7.15. The minimum absolute atomic E-state index is 0.313. The molecule has 1 fully saturated rings. The zero-order valence-corrected chi connectivity index (χ0v) is 12.0. The Labute approximate surface area is 118 Å². The minimum atomic E-state index is -0.313. The van der Waals surface area contributed by atoms with Crippen LogP contribution in [0.1, 0.15) is 39.9 Å². The molecule has 19 heavy (non-hydrogen) atoms. The second kappa shape index (κ2) is 4.57. The van der Waals surface area contributed by atoms with Crippen LogP contribution >= 0.6 is 22.9 Å². The maximum absolute atomic E-state index is 12.1. The molecular formula is C11H12ClN5OS. The lowest BCUT2D eigenvalue weighted by Crippen LogP contribution is -2.16. The zero-order chi connectivity index (χ0) is 13.6. The van der Waals surface area contributed by atoms with Gasteiger partial charge in [-0.2, -0.15) is 5.10 Å². The second-order valence-electron chi connectivity index (χ2n) is 4.55. The van der Waals surface area contributed by atoms with Crippen molar-refractivity contribution in [3.8, 4) is 0 Å². The van der Waals surface area contributed by atoms with Crippen molar-refractivity contribution in [1.82, 2.24) is 20.0 Å². The Morgan fingerprint density at radius 2 is 2.21 bits per heavy atom. The van der Waals surface area contributed by atoms with Crippen LogP contribution in [0.25, 0.3) is 0 Å². The molecule has 1 amide bonds. The summed E-state index contributed by atoms with van der Waals surface area (Å²) < 4.78 is 1.47. The van der Waals surface area contributed by atoms with E-state index in [9.17, 15) is 4.79 Å². The molecule has 1 aliphatic carbocycles. The van der Waals surface area contributed by atoms with E-state index in [-0.39, 0.29) is 5.91 Å². The first-order valence-corrected chi connectivity index (χ1v) is 7.09. The Kier molecular flexibility index (Phi) is 3.02. The van der Waals surface area contributed by atoms with Crippen molar-refractivity contribution in [1.29, 1.82) is 0 Å². The molecule has 1 N–H and O–H groups in total. The molecule has 0 radical (unpaired) electrons. The van der Waals surface area contributed by atoms with Crippen LogP contribution in [0.15, 0.2) is 0 Å². The summed E-state index contributed by atoms with van der Waals surface area (Å²) in [5, 5.41) is 16.7. The number of aromatic nitrogens is 4. The Hall–Kier alpha value is -1.47. The van der Waals surface area contributed by atoms with E-state index in [0.29, 0.717) is 27.5 Å². The number of hydrogen-bond donors (Lipinski definition) is 1. The third-order valence-electron chi connectivity index (χ3n) is 2.95. The van der Waals surface area contributed by atoms with Crippen LogP contribution in [-0.2, 0) is 7.05 Å². The molecular weight excluding hydrogens is 286 g/mol. The standard InChI is InChI=1S/C11H12ClN5OS/c1-5-7(12)8(17(2)16-5)9(18)13-11-15-14-10(19-11)6-3-4-6/h6H,3-4H2,1-2H3,(H,13,15,18). The van der Waals surface area contributed by atoms with Gasteiger partial charge in [-0.1, -0.05) is 22.9 Å². The van der Waals surface area contributed by atoms with E-state index >= 15 is 0 Å². The van der Waals surface area contributed by atoms with E-state index in [0.717, 1.165) is 17.8 Å². The first kappa shape index (κ1) is 12.6. The molecule has 2 aromatic heterocycles. The Morgan fingerprint density at radius 1 is 1.47 bits per heavy atom. The predicted octanol–water partition coefficient (Wildman–Crippen LogP) is 2.36. The third kappa shape index (κ3) is 2.35. The van der Waals surface area contributed by atoms with Gasteiger partial charge in [0.15, 0.2) is 0 Å². The zero-order valence-electron chi connectivity index (χ0n) is 10.5. The molecule has 0 atom stereocenters. The van der Waals surface area contributed by atoms with Crippen molar-refractivity contribution in [3.05, 3.63) is 21.4 Å². The Bertz CT molecular complexity index is 646. The van der Waals surface area contributed by atoms with Crippen LogP contribution in [0.3, 0.4) is 0 Å². The molecule has 1 saturated carbocycles. The lowest BCUT2D eigenvalue weighted by Gasteiger charge is -2.01. The fourth-order valence-corrected chi connectivity index (χ4v) is 2.97. The van der Waals surface area contributed by atoms with Crippen molar-refractivity contribution >= 4 is 34.0 Å². The molecule has 1 aliphatic rings. The summed E-state index contributed by atoms with van der Waals surface area (Å²) in [7, 11) is 1.68. The number of anilines is 1. The smallest absolute Gasteiger partial charge is 0.277 e. The summed E-state index contributed by atoms with van der Waals surface area (Å²) in [6, 6.07) is 0. The van der Waals surface area contributed by atoms with Crippen molar-refractivity contribution in [2.75, 3.05) is 5.32 Å². The lowest BCUT2D eigenvalue weighted by atomic mass is 10.3. The number of amides is 1. The molecule has 0 spiro atoms. The molecule has 0 bridgehead atoms. The fraction of sp³-hybridized carbons (Fsp3) is 0.455. The van der Waals surface area contributed by atoms with Crippen LogP contribution in [-0.4, -0.2) is 25.9 Å². The van der Waals surface area contributed by atoms with Gasteiger partial charge in [-0.25, -0.2) is 0 Å². The van der Waals surface area contributed by atoms with E-state index in [1.807, 2.05) is 0 Å². The first-order chi connectivity index (χ1) is 9.06. The third-order valence-corrected chi connectivity index (χ3v) is 4.41. The molecule has 0 aliphatic heterocycles. The van der Waals surface area contributed by atoms with Crippen molar-refractivity contribution in [2.24, 2.45) is 7.05 Å². The summed E-state index contributed by atoms with van der Waals surface area (Å²) in [5.74, 6) is 0.220. The molecule has 2 aromatic rings. The largest absolute Gasteiger partial charge is 0.295 e. The molecule has 2 heterocycles. The summed E-state index contributed by atoms with van der Waals surface area (Å²) in [5.41, 5.74) is 0.965. The van der Waals surface area contributed by atoms with Crippen LogP contribution in [0.4, 0.5) is 5.13 Å². The highest BCUT2D eigenvalue weighted by Crippen LogP contribution is 2.42. The van der Waals surface area contributed by atoms with Gasteiger partial charge >= 0.3 is 0 Å². The summed E-state index contributed by atoms with van der Waals surface area (Å²) >= 11 is 7.48. The molecule has 0 aromatic carbocycles. The van der Waals surface area contributed by atoms with Crippen LogP contribution in [0.5, 0.6) is 0 Å². The minimum Gasteiger partial charge on any atom is -0.295 e. The number of carbonyl (C=O) groups excluding carboxylic acids is 1. The van der Waals surface area contributed by atoms with Crippen LogP contribution in [0.2, 0.25) is 5.02 Å². The van der Waals surface area contributed by atoms with Gasteiger partial charge in [0, 0.05) is 13.0 Å². The number of carbonyl (C=O) groups is 1. The maximum atomic E-state index is 12.1. The predicted molar refractivity (Wildman–Crippen MR) is 72.8 cm³/mol. The topological polar surface area (TPSA) is 72.7 Å². The van der Waals surface area contributed by atoms with E-state index < -0.39 is 0 Å². The molecule has 6 nitrogen and oxygen atoms in total. The van der Waals surface area contributed by atoms with Gasteiger partial charge in [0.1, 0.15) is 10.7 Å². The van der Waals surface area contributed by atoms with Gasteiger partial charge in [0.25, 0.3) is 5.91 Å². The van der Waals surface area contributed by atoms with E-state index in [1.165, 1.54) is 16.0 Å². The van der Waals surface area contributed by atoms with E-state index in [2.05, 4.69) is 20.6 Å². The summed E-state index contributed by atoms with van der Waals surface area (Å²) in [6.07, 6.45) is 2.32. The molecule has 3 rings (SSSR count). The van der Waals surface area contributed by atoms with Gasteiger partial charge in [-0.05, 0) is 19.8 Å². The van der Waals surface area contributed by atoms with Gasteiger partial charge < -0.3 is 0 Å². The van der Waals surface area contributed by atoms with Gasteiger partial charge in [-0.3, -0.25) is 14.8 Å².